The molecule has 4 rings (SSSR count). The molecular weight excluding hydrogens is 462 g/mol. The van der Waals surface area contributed by atoms with E-state index in [0.29, 0.717) is 27.5 Å². The molecule has 2 aromatic heterocycles. The van der Waals surface area contributed by atoms with Gasteiger partial charge in [-0.2, -0.15) is 0 Å². The van der Waals surface area contributed by atoms with Gasteiger partial charge in [0, 0.05) is 10.9 Å². The lowest BCUT2D eigenvalue weighted by Gasteiger charge is -2.10. The number of nitrogens with zero attached hydrogens (tertiary/aromatic N) is 4. The molecule has 0 saturated heterocycles. The zero-order valence-corrected chi connectivity index (χ0v) is 19.8. The van der Waals surface area contributed by atoms with Gasteiger partial charge in [-0.15, -0.1) is 21.5 Å². The van der Waals surface area contributed by atoms with Crippen LogP contribution in [0.25, 0.3) is 16.9 Å². The van der Waals surface area contributed by atoms with Gasteiger partial charge in [-0.05, 0) is 30.3 Å². The number of aromatic nitrogens is 4. The predicted octanol–water partition coefficient (Wildman–Crippen LogP) is 4.15. The van der Waals surface area contributed by atoms with Gasteiger partial charge in [0.25, 0.3) is 0 Å². The summed E-state index contributed by atoms with van der Waals surface area (Å²) in [5.74, 6) is 1.91. The second kappa shape index (κ2) is 10.4. The smallest absolute Gasteiger partial charge is 0.236 e. The first-order valence-corrected chi connectivity index (χ1v) is 11.6. The van der Waals surface area contributed by atoms with E-state index in [-0.39, 0.29) is 11.7 Å². The molecule has 0 aliphatic rings. The van der Waals surface area contributed by atoms with Gasteiger partial charge in [-0.1, -0.05) is 23.9 Å². The third-order valence-electron chi connectivity index (χ3n) is 4.62. The van der Waals surface area contributed by atoms with Crippen molar-refractivity contribution in [3.05, 3.63) is 54.2 Å². The number of methoxy groups -OCH3 is 3. The van der Waals surface area contributed by atoms with Gasteiger partial charge < -0.3 is 19.5 Å². The van der Waals surface area contributed by atoms with E-state index in [1.165, 1.54) is 23.1 Å². The van der Waals surface area contributed by atoms with Crippen molar-refractivity contribution in [3.8, 4) is 34.2 Å². The standard InChI is InChI=1S/C22H21N5O4S2/c1-29-17-7-5-4-6-16(17)27-13-23-26-22(27)33-12-20(28)25-21-24-15(11-32-21)14-8-9-18(30-2)19(10-14)31-3/h4-11,13H,12H2,1-3H3,(H,24,25,28). The number of hydrogen-bond acceptors (Lipinski definition) is 9. The number of amides is 1. The predicted molar refractivity (Wildman–Crippen MR) is 128 cm³/mol. The van der Waals surface area contributed by atoms with Gasteiger partial charge in [0.2, 0.25) is 5.91 Å². The van der Waals surface area contributed by atoms with E-state index in [4.69, 9.17) is 14.2 Å². The fourth-order valence-corrected chi connectivity index (χ4v) is 4.52. The summed E-state index contributed by atoms with van der Waals surface area (Å²) < 4.78 is 17.8. The van der Waals surface area contributed by atoms with Crippen LogP contribution in [0.4, 0.5) is 5.13 Å². The zero-order valence-electron chi connectivity index (χ0n) is 18.1. The molecule has 0 unspecified atom stereocenters. The van der Waals surface area contributed by atoms with Gasteiger partial charge in [0.1, 0.15) is 12.1 Å². The maximum atomic E-state index is 12.5. The van der Waals surface area contributed by atoms with E-state index in [2.05, 4.69) is 20.5 Å². The molecule has 0 spiro atoms. The van der Waals surface area contributed by atoms with Gasteiger partial charge in [-0.25, -0.2) is 4.98 Å². The van der Waals surface area contributed by atoms with E-state index in [0.717, 1.165) is 16.9 Å². The summed E-state index contributed by atoms with van der Waals surface area (Å²) in [7, 11) is 4.78. The number of anilines is 1. The number of rotatable bonds is 9. The van der Waals surface area contributed by atoms with Crippen LogP contribution in [0.3, 0.4) is 0 Å². The molecule has 2 aromatic carbocycles. The van der Waals surface area contributed by atoms with Crippen LogP contribution < -0.4 is 19.5 Å². The Morgan fingerprint density at radius 3 is 2.64 bits per heavy atom. The third-order valence-corrected chi connectivity index (χ3v) is 6.32. The van der Waals surface area contributed by atoms with Crippen molar-refractivity contribution >= 4 is 34.1 Å². The quantitative estimate of drug-likeness (QED) is 0.355. The zero-order chi connectivity index (χ0) is 23.2. The van der Waals surface area contributed by atoms with E-state index < -0.39 is 0 Å². The van der Waals surface area contributed by atoms with Crippen LogP contribution in [0.1, 0.15) is 0 Å². The van der Waals surface area contributed by atoms with Crippen LogP contribution in [0.15, 0.2) is 59.3 Å². The highest BCUT2D eigenvalue weighted by atomic mass is 32.2. The van der Waals surface area contributed by atoms with Crippen LogP contribution in [0, 0.1) is 0 Å². The first-order chi connectivity index (χ1) is 16.1. The molecule has 0 bridgehead atoms. The molecule has 0 fully saturated rings. The number of carbonyl (C=O) groups is 1. The minimum absolute atomic E-state index is 0.152. The summed E-state index contributed by atoms with van der Waals surface area (Å²) >= 11 is 2.63. The van der Waals surface area contributed by atoms with Crippen molar-refractivity contribution in [1.29, 1.82) is 0 Å². The summed E-state index contributed by atoms with van der Waals surface area (Å²) in [4.78, 5) is 17.0. The van der Waals surface area contributed by atoms with E-state index in [1.54, 1.807) is 32.2 Å². The molecule has 1 N–H and O–H groups in total. The van der Waals surface area contributed by atoms with Gasteiger partial charge in [0.05, 0.1) is 38.5 Å². The molecule has 9 nitrogen and oxygen atoms in total. The highest BCUT2D eigenvalue weighted by Gasteiger charge is 2.15. The molecule has 33 heavy (non-hydrogen) atoms. The second-order valence-electron chi connectivity index (χ2n) is 6.60. The number of thioether (sulfide) groups is 1. The number of benzene rings is 2. The highest BCUT2D eigenvalue weighted by Crippen LogP contribution is 2.33. The molecule has 170 valence electrons. The number of hydrogen-bond donors (Lipinski definition) is 1. The number of carbonyl (C=O) groups excluding carboxylic acids is 1. The van der Waals surface area contributed by atoms with Crippen LogP contribution in [-0.2, 0) is 4.79 Å². The van der Waals surface area contributed by atoms with Crippen molar-refractivity contribution in [3.63, 3.8) is 0 Å². The van der Waals surface area contributed by atoms with Gasteiger partial charge in [0.15, 0.2) is 21.8 Å². The molecule has 4 aromatic rings. The Hall–Kier alpha value is -3.57. The Balaban J connectivity index is 1.40. The van der Waals surface area contributed by atoms with Crippen molar-refractivity contribution < 1.29 is 19.0 Å². The minimum Gasteiger partial charge on any atom is -0.495 e. The fraction of sp³-hybridized carbons (Fsp3) is 0.182. The third kappa shape index (κ3) is 5.10. The molecule has 2 heterocycles. The van der Waals surface area contributed by atoms with Gasteiger partial charge in [-0.3, -0.25) is 9.36 Å². The number of para-hydroxylation sites is 2. The topological polar surface area (TPSA) is 100 Å². The summed E-state index contributed by atoms with van der Waals surface area (Å²) in [5.41, 5.74) is 2.40. The lowest BCUT2D eigenvalue weighted by atomic mass is 10.1. The summed E-state index contributed by atoms with van der Waals surface area (Å²) in [6.45, 7) is 0. The van der Waals surface area contributed by atoms with Crippen LogP contribution in [0.5, 0.6) is 17.2 Å². The Kier molecular flexibility index (Phi) is 7.10. The first-order valence-electron chi connectivity index (χ1n) is 9.77. The molecular formula is C22H21N5O4S2. The molecule has 0 saturated carbocycles. The van der Waals surface area contributed by atoms with Crippen molar-refractivity contribution in [1.82, 2.24) is 19.7 Å². The van der Waals surface area contributed by atoms with E-state index in [9.17, 15) is 4.79 Å². The van der Waals surface area contributed by atoms with Crippen LogP contribution in [0.2, 0.25) is 0 Å². The Morgan fingerprint density at radius 2 is 1.85 bits per heavy atom. The average molecular weight is 484 g/mol. The normalized spacial score (nSPS) is 10.6. The Morgan fingerprint density at radius 1 is 1.06 bits per heavy atom. The number of thiazole rings is 1. The first kappa shape index (κ1) is 22.6. The minimum atomic E-state index is -0.192. The molecule has 0 radical (unpaired) electrons. The molecule has 11 heteroatoms. The van der Waals surface area contributed by atoms with Crippen molar-refractivity contribution in [2.24, 2.45) is 0 Å². The number of ether oxygens (including phenoxy) is 3. The molecule has 0 atom stereocenters. The van der Waals surface area contributed by atoms with Crippen LogP contribution in [-0.4, -0.2) is 52.7 Å². The lowest BCUT2D eigenvalue weighted by Crippen LogP contribution is -2.14. The second-order valence-corrected chi connectivity index (χ2v) is 8.40. The van der Waals surface area contributed by atoms with Crippen molar-refractivity contribution in [2.45, 2.75) is 5.16 Å². The Labute approximate surface area is 198 Å². The van der Waals surface area contributed by atoms with E-state index >= 15 is 0 Å². The Bertz CT molecular complexity index is 1260. The maximum absolute atomic E-state index is 12.5. The average Bonchev–Trinajstić information content (AvgIpc) is 3.52. The highest BCUT2D eigenvalue weighted by molar-refractivity contribution is 7.99. The summed E-state index contributed by atoms with van der Waals surface area (Å²) in [6.07, 6.45) is 1.59. The summed E-state index contributed by atoms with van der Waals surface area (Å²) in [6, 6.07) is 13.1. The molecule has 0 aliphatic heterocycles. The summed E-state index contributed by atoms with van der Waals surface area (Å²) in [5, 5.41) is 13.9. The number of nitrogens with one attached hydrogen (secondary N) is 1. The van der Waals surface area contributed by atoms with Crippen molar-refractivity contribution in [2.75, 3.05) is 32.4 Å². The fourth-order valence-electron chi connectivity index (χ4n) is 3.06. The van der Waals surface area contributed by atoms with Crippen LogP contribution >= 0.6 is 23.1 Å². The largest absolute Gasteiger partial charge is 0.495 e. The SMILES string of the molecule is COc1ccc(-c2csc(NC(=O)CSc3nncn3-c3ccccc3OC)n2)cc1OC. The molecule has 0 aliphatic carbocycles. The monoisotopic (exact) mass is 483 g/mol. The molecule has 1 amide bonds. The maximum Gasteiger partial charge on any atom is 0.236 e. The van der Waals surface area contributed by atoms with E-state index in [1.807, 2.05) is 47.8 Å². The van der Waals surface area contributed by atoms with Gasteiger partial charge >= 0.3 is 0 Å². The lowest BCUT2D eigenvalue weighted by molar-refractivity contribution is -0.113.